The van der Waals surface area contributed by atoms with Crippen LogP contribution in [0.5, 0.6) is 0 Å². The highest BCUT2D eigenvalue weighted by molar-refractivity contribution is 5.85. The average molecular weight is 481 g/mol. The second kappa shape index (κ2) is 12.3. The minimum absolute atomic E-state index is 0.121. The first kappa shape index (κ1) is 25.4. The molecule has 2 saturated heterocycles. The Labute approximate surface area is 207 Å². The molecule has 35 heavy (non-hydrogen) atoms. The van der Waals surface area contributed by atoms with Gasteiger partial charge in [0.15, 0.2) is 6.10 Å². The van der Waals surface area contributed by atoms with Crippen LogP contribution < -0.4 is 0 Å². The molecule has 2 aliphatic heterocycles. The summed E-state index contributed by atoms with van der Waals surface area (Å²) in [5.74, 6) is -1.70. The van der Waals surface area contributed by atoms with E-state index >= 15 is 0 Å². The number of rotatable bonds is 11. The lowest BCUT2D eigenvalue weighted by molar-refractivity contribution is -0.199. The highest BCUT2D eigenvalue weighted by Gasteiger charge is 2.59. The fourth-order valence-corrected chi connectivity index (χ4v) is 4.78. The zero-order valence-corrected chi connectivity index (χ0v) is 20.7. The Morgan fingerprint density at radius 2 is 1.49 bits per heavy atom. The van der Waals surface area contributed by atoms with Crippen LogP contribution in [0.1, 0.15) is 56.7 Å². The Balaban J connectivity index is 1.65. The van der Waals surface area contributed by atoms with Crippen LogP contribution in [0.4, 0.5) is 0 Å². The molecule has 7 heteroatoms. The molecular weight excluding hydrogens is 444 g/mol. The van der Waals surface area contributed by atoms with E-state index in [1.54, 1.807) is 0 Å². The van der Waals surface area contributed by atoms with Crippen LogP contribution in [-0.4, -0.2) is 53.9 Å². The molecule has 188 valence electrons. The first-order valence-electron chi connectivity index (χ1n) is 12.7. The van der Waals surface area contributed by atoms with E-state index in [0.29, 0.717) is 26.3 Å². The molecule has 4 rings (SSSR count). The molecule has 0 N–H and O–H groups in total. The van der Waals surface area contributed by atoms with Gasteiger partial charge in [0.1, 0.15) is 12.1 Å². The van der Waals surface area contributed by atoms with Crippen LogP contribution in [0.25, 0.3) is 0 Å². The van der Waals surface area contributed by atoms with E-state index in [1.807, 2.05) is 55.3 Å². The van der Waals surface area contributed by atoms with Crippen molar-refractivity contribution in [3.63, 3.8) is 0 Å². The molecule has 0 aromatic heterocycles. The van der Waals surface area contributed by atoms with Gasteiger partial charge in [-0.1, -0.05) is 87.4 Å². The summed E-state index contributed by atoms with van der Waals surface area (Å²) in [4.78, 5) is 35.0. The quantitative estimate of drug-likeness (QED) is 0.347. The van der Waals surface area contributed by atoms with Gasteiger partial charge in [-0.15, -0.1) is 0 Å². The monoisotopic (exact) mass is 480 g/mol. The molecular formula is C28H36N2O5. The van der Waals surface area contributed by atoms with Gasteiger partial charge in [-0.05, 0) is 24.0 Å². The Kier molecular flexibility index (Phi) is 8.90. The van der Waals surface area contributed by atoms with Crippen molar-refractivity contribution in [2.24, 2.45) is 5.92 Å². The van der Waals surface area contributed by atoms with Crippen molar-refractivity contribution in [2.75, 3.05) is 19.8 Å². The zero-order chi connectivity index (χ0) is 24.6. The van der Waals surface area contributed by atoms with Crippen molar-refractivity contribution in [3.8, 4) is 0 Å². The van der Waals surface area contributed by atoms with Gasteiger partial charge in [0.2, 0.25) is 0 Å². The Hall–Kier alpha value is -2.74. The first-order valence-corrected chi connectivity index (χ1v) is 12.7. The lowest BCUT2D eigenvalue weighted by Gasteiger charge is -2.27. The standard InChI is InChI=1S/C28H36N2O5/c1-3-5-17-33-27(31)24-25(28(32)34-18-6-4-2)35-30-23(22-15-11-8-12-16-22)20-29(26(24)30)19-21-13-9-7-10-14-21/h7-16,23-26H,3-6,17-20H2,1-2H3/t23-,24+,25+,26+/m1/s1. The first-order chi connectivity index (χ1) is 17.1. The molecule has 2 fully saturated rings. The molecule has 0 saturated carbocycles. The van der Waals surface area contributed by atoms with Crippen molar-refractivity contribution in [3.05, 3.63) is 71.8 Å². The highest BCUT2D eigenvalue weighted by atomic mass is 16.7. The number of ether oxygens (including phenoxy) is 2. The summed E-state index contributed by atoms with van der Waals surface area (Å²) in [6.07, 6.45) is 1.91. The number of carbonyl (C=O) groups excluding carboxylic acids is 2. The summed E-state index contributed by atoms with van der Waals surface area (Å²) < 4.78 is 11.2. The number of fused-ring (bicyclic) bond motifs is 1. The molecule has 0 bridgehead atoms. The number of esters is 2. The van der Waals surface area contributed by atoms with Gasteiger partial charge >= 0.3 is 11.9 Å². The smallest absolute Gasteiger partial charge is 0.338 e. The van der Waals surface area contributed by atoms with Crippen LogP contribution in [0.15, 0.2) is 60.7 Å². The third kappa shape index (κ3) is 5.92. The van der Waals surface area contributed by atoms with Crippen molar-refractivity contribution in [1.29, 1.82) is 0 Å². The van der Waals surface area contributed by atoms with E-state index in [9.17, 15) is 9.59 Å². The second-order valence-electron chi connectivity index (χ2n) is 9.21. The molecule has 0 amide bonds. The molecule has 0 aliphatic carbocycles. The maximum atomic E-state index is 13.4. The number of hydrogen-bond donors (Lipinski definition) is 0. The van der Waals surface area contributed by atoms with E-state index in [2.05, 4.69) is 29.2 Å². The normalized spacial score (nSPS) is 24.3. The number of unbranched alkanes of at least 4 members (excludes halogenated alkanes) is 2. The Bertz CT molecular complexity index is 954. The van der Waals surface area contributed by atoms with E-state index in [1.165, 1.54) is 0 Å². The summed E-state index contributed by atoms with van der Waals surface area (Å²) in [7, 11) is 0. The van der Waals surface area contributed by atoms with Crippen LogP contribution in [0.2, 0.25) is 0 Å². The fraction of sp³-hybridized carbons (Fsp3) is 0.500. The summed E-state index contributed by atoms with van der Waals surface area (Å²) in [5.41, 5.74) is 2.21. The molecule has 2 aliphatic rings. The number of benzene rings is 2. The topological polar surface area (TPSA) is 68.3 Å². The molecule has 2 aromatic rings. The van der Waals surface area contributed by atoms with Crippen molar-refractivity contribution in [2.45, 2.75) is 64.4 Å². The summed E-state index contributed by atoms with van der Waals surface area (Å²) in [5, 5.41) is 1.83. The van der Waals surface area contributed by atoms with Crippen LogP contribution in [0, 0.1) is 5.92 Å². The zero-order valence-electron chi connectivity index (χ0n) is 20.7. The highest BCUT2D eigenvalue weighted by Crippen LogP contribution is 2.44. The van der Waals surface area contributed by atoms with Crippen molar-refractivity contribution >= 4 is 11.9 Å². The van der Waals surface area contributed by atoms with Crippen LogP contribution >= 0.6 is 0 Å². The van der Waals surface area contributed by atoms with Gasteiger partial charge < -0.3 is 9.47 Å². The fourth-order valence-electron chi connectivity index (χ4n) is 4.78. The van der Waals surface area contributed by atoms with Crippen molar-refractivity contribution in [1.82, 2.24) is 9.96 Å². The molecule has 0 radical (unpaired) electrons. The number of nitrogens with zero attached hydrogens (tertiary/aromatic N) is 2. The Morgan fingerprint density at radius 1 is 0.886 bits per heavy atom. The van der Waals surface area contributed by atoms with Gasteiger partial charge in [-0.25, -0.2) is 4.79 Å². The van der Waals surface area contributed by atoms with Crippen LogP contribution in [0.3, 0.4) is 0 Å². The predicted molar refractivity (Wildman–Crippen MR) is 132 cm³/mol. The lowest BCUT2D eigenvalue weighted by Crippen LogP contribution is -2.45. The van der Waals surface area contributed by atoms with E-state index in [0.717, 1.165) is 36.8 Å². The lowest BCUT2D eigenvalue weighted by atomic mass is 9.99. The largest absolute Gasteiger partial charge is 0.465 e. The third-order valence-electron chi connectivity index (χ3n) is 6.63. The molecule has 2 heterocycles. The van der Waals surface area contributed by atoms with Crippen LogP contribution in [-0.2, 0) is 30.4 Å². The number of hydroxylamine groups is 2. The SMILES string of the molecule is CCCCOC(=O)[C@H]1[C@@H](C(=O)OCCCC)ON2[C@@H](c3ccccc3)CN(Cc3ccccc3)[C@H]12. The molecule has 4 atom stereocenters. The average Bonchev–Trinajstić information content (AvgIpc) is 3.43. The Morgan fingerprint density at radius 3 is 2.11 bits per heavy atom. The number of hydrogen-bond acceptors (Lipinski definition) is 7. The minimum atomic E-state index is -1.03. The van der Waals surface area contributed by atoms with E-state index in [-0.39, 0.29) is 6.04 Å². The third-order valence-corrected chi connectivity index (χ3v) is 6.63. The second-order valence-corrected chi connectivity index (χ2v) is 9.21. The minimum Gasteiger partial charge on any atom is -0.465 e. The van der Waals surface area contributed by atoms with E-state index in [4.69, 9.17) is 14.3 Å². The maximum absolute atomic E-state index is 13.4. The molecule has 2 aromatic carbocycles. The predicted octanol–water partition coefficient (Wildman–Crippen LogP) is 4.49. The van der Waals surface area contributed by atoms with Gasteiger partial charge in [-0.3, -0.25) is 14.5 Å². The van der Waals surface area contributed by atoms with E-state index < -0.39 is 30.1 Å². The van der Waals surface area contributed by atoms with Gasteiger partial charge in [-0.2, -0.15) is 5.06 Å². The molecule has 0 spiro atoms. The summed E-state index contributed by atoms with van der Waals surface area (Å²) in [6, 6.07) is 20.1. The summed E-state index contributed by atoms with van der Waals surface area (Å²) >= 11 is 0. The maximum Gasteiger partial charge on any atom is 0.338 e. The summed E-state index contributed by atoms with van der Waals surface area (Å²) in [6.45, 7) is 6.02. The van der Waals surface area contributed by atoms with Gasteiger partial charge in [0.05, 0.1) is 19.3 Å². The molecule has 0 unspecified atom stereocenters. The number of carbonyl (C=O) groups is 2. The van der Waals surface area contributed by atoms with Gasteiger partial charge in [0.25, 0.3) is 0 Å². The molecule has 7 nitrogen and oxygen atoms in total. The van der Waals surface area contributed by atoms with Crippen molar-refractivity contribution < 1.29 is 23.9 Å². The van der Waals surface area contributed by atoms with Gasteiger partial charge in [0, 0.05) is 13.1 Å².